The number of hydrogen-bond acceptors (Lipinski definition) is 4. The van der Waals surface area contributed by atoms with Crippen LogP contribution in [0.25, 0.3) is 11.3 Å². The number of halogens is 1. The Morgan fingerprint density at radius 2 is 2.00 bits per heavy atom. The SMILES string of the molecule is N#Cc1ccc(-c2csc(NC(=O)c3cccc(Br)c3)n2)cc1. The topological polar surface area (TPSA) is 65.8 Å². The molecule has 0 unspecified atom stereocenters. The van der Waals surface area contributed by atoms with E-state index in [1.54, 1.807) is 24.3 Å². The number of benzene rings is 2. The Morgan fingerprint density at radius 1 is 1.22 bits per heavy atom. The zero-order valence-corrected chi connectivity index (χ0v) is 14.2. The number of rotatable bonds is 3. The quantitative estimate of drug-likeness (QED) is 0.712. The van der Waals surface area contributed by atoms with Crippen molar-refractivity contribution in [1.82, 2.24) is 4.98 Å². The maximum Gasteiger partial charge on any atom is 0.257 e. The summed E-state index contributed by atoms with van der Waals surface area (Å²) in [4.78, 5) is 16.6. The molecule has 0 aliphatic heterocycles. The summed E-state index contributed by atoms with van der Waals surface area (Å²) in [6.07, 6.45) is 0. The fourth-order valence-electron chi connectivity index (χ4n) is 1.98. The summed E-state index contributed by atoms with van der Waals surface area (Å²) in [5, 5.41) is 14.0. The van der Waals surface area contributed by atoms with Gasteiger partial charge in [-0.25, -0.2) is 4.98 Å². The standard InChI is InChI=1S/C17H10BrN3OS/c18-14-3-1-2-13(8-14)16(22)21-17-20-15(10-23-17)12-6-4-11(9-19)5-7-12/h1-8,10H,(H,20,21,22). The second-order valence-corrected chi connectivity index (χ2v) is 6.47. The molecule has 4 nitrogen and oxygen atoms in total. The van der Waals surface area contributed by atoms with Crippen molar-refractivity contribution in [2.24, 2.45) is 0 Å². The molecule has 6 heteroatoms. The summed E-state index contributed by atoms with van der Waals surface area (Å²) in [5.74, 6) is -0.202. The van der Waals surface area contributed by atoms with Crippen LogP contribution in [0, 0.1) is 11.3 Å². The first-order valence-corrected chi connectivity index (χ1v) is 8.36. The van der Waals surface area contributed by atoms with Crippen LogP contribution < -0.4 is 5.32 Å². The van der Waals surface area contributed by atoms with Crippen molar-refractivity contribution in [1.29, 1.82) is 5.26 Å². The number of amides is 1. The van der Waals surface area contributed by atoms with Crippen LogP contribution in [-0.4, -0.2) is 10.9 Å². The van der Waals surface area contributed by atoms with Crippen molar-refractivity contribution < 1.29 is 4.79 Å². The summed E-state index contributed by atoms with van der Waals surface area (Å²) < 4.78 is 0.850. The van der Waals surface area contributed by atoms with Crippen LogP contribution in [0.1, 0.15) is 15.9 Å². The van der Waals surface area contributed by atoms with Gasteiger partial charge < -0.3 is 0 Å². The smallest absolute Gasteiger partial charge is 0.257 e. The maximum absolute atomic E-state index is 12.2. The molecule has 1 N–H and O–H groups in total. The number of carbonyl (C=O) groups is 1. The minimum atomic E-state index is -0.202. The van der Waals surface area contributed by atoms with E-state index in [4.69, 9.17) is 5.26 Å². The lowest BCUT2D eigenvalue weighted by atomic mass is 10.1. The van der Waals surface area contributed by atoms with E-state index in [-0.39, 0.29) is 5.91 Å². The third-order valence-corrected chi connectivity index (χ3v) is 4.37. The van der Waals surface area contributed by atoms with Crippen molar-refractivity contribution >= 4 is 38.3 Å². The molecule has 0 radical (unpaired) electrons. The number of nitrogens with zero attached hydrogens (tertiary/aromatic N) is 2. The number of hydrogen-bond donors (Lipinski definition) is 1. The highest BCUT2D eigenvalue weighted by Gasteiger charge is 2.10. The summed E-state index contributed by atoms with van der Waals surface area (Å²) in [6.45, 7) is 0. The molecule has 0 bridgehead atoms. The highest BCUT2D eigenvalue weighted by molar-refractivity contribution is 9.10. The predicted molar refractivity (Wildman–Crippen MR) is 94.4 cm³/mol. The van der Waals surface area contributed by atoms with Crippen molar-refractivity contribution in [2.75, 3.05) is 5.32 Å². The Balaban J connectivity index is 1.76. The third kappa shape index (κ3) is 3.65. The predicted octanol–water partition coefficient (Wildman–Crippen LogP) is 4.70. The van der Waals surface area contributed by atoms with E-state index in [0.29, 0.717) is 16.3 Å². The van der Waals surface area contributed by atoms with Gasteiger partial charge in [0, 0.05) is 21.0 Å². The van der Waals surface area contributed by atoms with Gasteiger partial charge in [-0.2, -0.15) is 5.26 Å². The van der Waals surface area contributed by atoms with Crippen LogP contribution in [0.3, 0.4) is 0 Å². The zero-order chi connectivity index (χ0) is 16.2. The first-order chi connectivity index (χ1) is 11.2. The van der Waals surface area contributed by atoms with Gasteiger partial charge in [0.2, 0.25) is 0 Å². The molecule has 0 fully saturated rings. The Bertz CT molecular complexity index is 897. The van der Waals surface area contributed by atoms with Gasteiger partial charge >= 0.3 is 0 Å². The largest absolute Gasteiger partial charge is 0.298 e. The highest BCUT2D eigenvalue weighted by atomic mass is 79.9. The summed E-state index contributed by atoms with van der Waals surface area (Å²) >= 11 is 4.71. The zero-order valence-electron chi connectivity index (χ0n) is 11.8. The van der Waals surface area contributed by atoms with E-state index >= 15 is 0 Å². The van der Waals surface area contributed by atoms with Crippen LogP contribution >= 0.6 is 27.3 Å². The lowest BCUT2D eigenvalue weighted by molar-refractivity contribution is 0.102. The molecule has 112 valence electrons. The molecule has 3 aromatic rings. The van der Waals surface area contributed by atoms with Crippen molar-refractivity contribution in [3.63, 3.8) is 0 Å². The van der Waals surface area contributed by atoms with Crippen molar-refractivity contribution in [2.45, 2.75) is 0 Å². The lowest BCUT2D eigenvalue weighted by Crippen LogP contribution is -2.11. The minimum absolute atomic E-state index is 0.202. The molecular weight excluding hydrogens is 374 g/mol. The average Bonchev–Trinajstić information content (AvgIpc) is 3.03. The fourth-order valence-corrected chi connectivity index (χ4v) is 3.09. The monoisotopic (exact) mass is 383 g/mol. The molecule has 0 spiro atoms. The second kappa shape index (κ2) is 6.73. The van der Waals surface area contributed by atoms with Gasteiger partial charge in [-0.15, -0.1) is 11.3 Å². The van der Waals surface area contributed by atoms with Crippen LogP contribution in [0.2, 0.25) is 0 Å². The molecule has 23 heavy (non-hydrogen) atoms. The molecule has 3 rings (SSSR count). The third-order valence-electron chi connectivity index (χ3n) is 3.12. The van der Waals surface area contributed by atoms with Crippen LogP contribution in [0.15, 0.2) is 58.4 Å². The number of nitriles is 1. The normalized spacial score (nSPS) is 10.1. The fraction of sp³-hybridized carbons (Fsp3) is 0. The Hall–Kier alpha value is -2.49. The summed E-state index contributed by atoms with van der Waals surface area (Å²) in [7, 11) is 0. The van der Waals surface area contributed by atoms with Crippen molar-refractivity contribution in [3.05, 3.63) is 69.5 Å². The van der Waals surface area contributed by atoms with E-state index in [1.807, 2.05) is 29.6 Å². The molecule has 1 amide bonds. The van der Waals surface area contributed by atoms with Gasteiger partial charge in [-0.05, 0) is 30.3 Å². The molecule has 1 aromatic heterocycles. The average molecular weight is 384 g/mol. The first kappa shape index (κ1) is 15.4. The minimum Gasteiger partial charge on any atom is -0.298 e. The van der Waals surface area contributed by atoms with Gasteiger partial charge in [0.25, 0.3) is 5.91 Å². The molecule has 0 aliphatic rings. The molecule has 0 aliphatic carbocycles. The van der Waals surface area contributed by atoms with Crippen LogP contribution in [0.4, 0.5) is 5.13 Å². The summed E-state index contributed by atoms with van der Waals surface area (Å²) in [5.41, 5.74) is 2.84. The van der Waals surface area contributed by atoms with Gasteiger partial charge in [-0.3, -0.25) is 10.1 Å². The molecule has 1 heterocycles. The van der Waals surface area contributed by atoms with E-state index in [0.717, 1.165) is 15.7 Å². The Labute approximate surface area is 145 Å². The molecule has 0 atom stereocenters. The Morgan fingerprint density at radius 3 is 2.70 bits per heavy atom. The van der Waals surface area contributed by atoms with Gasteiger partial charge in [0.1, 0.15) is 0 Å². The van der Waals surface area contributed by atoms with Gasteiger partial charge in [0.15, 0.2) is 5.13 Å². The second-order valence-electron chi connectivity index (χ2n) is 4.69. The number of nitrogens with one attached hydrogen (secondary N) is 1. The van der Waals surface area contributed by atoms with Gasteiger partial charge in [-0.1, -0.05) is 34.1 Å². The Kier molecular flexibility index (Phi) is 4.51. The molecule has 0 saturated heterocycles. The molecule has 2 aromatic carbocycles. The number of thiazole rings is 1. The number of aromatic nitrogens is 1. The van der Waals surface area contributed by atoms with E-state index in [9.17, 15) is 4.79 Å². The van der Waals surface area contributed by atoms with Crippen LogP contribution in [0.5, 0.6) is 0 Å². The van der Waals surface area contributed by atoms with Crippen LogP contribution in [-0.2, 0) is 0 Å². The number of carbonyl (C=O) groups excluding carboxylic acids is 1. The van der Waals surface area contributed by atoms with Crippen molar-refractivity contribution in [3.8, 4) is 17.3 Å². The lowest BCUT2D eigenvalue weighted by Gasteiger charge is -2.02. The van der Waals surface area contributed by atoms with E-state index < -0.39 is 0 Å². The summed E-state index contributed by atoms with van der Waals surface area (Å²) in [6, 6.07) is 16.4. The highest BCUT2D eigenvalue weighted by Crippen LogP contribution is 2.25. The van der Waals surface area contributed by atoms with E-state index in [2.05, 4.69) is 32.3 Å². The molecular formula is C17H10BrN3OS. The molecule has 0 saturated carbocycles. The number of anilines is 1. The van der Waals surface area contributed by atoms with Gasteiger partial charge in [0.05, 0.1) is 17.3 Å². The maximum atomic E-state index is 12.2. The first-order valence-electron chi connectivity index (χ1n) is 6.69. The van der Waals surface area contributed by atoms with E-state index in [1.165, 1.54) is 11.3 Å².